The lowest BCUT2D eigenvalue weighted by Crippen LogP contribution is -2.62. The van der Waals surface area contributed by atoms with Crippen molar-refractivity contribution in [3.05, 3.63) is 23.3 Å². The summed E-state index contributed by atoms with van der Waals surface area (Å²) in [6.07, 6.45) is 10.3. The second kappa shape index (κ2) is 12.7. The van der Waals surface area contributed by atoms with Crippen LogP contribution in [0.2, 0.25) is 0 Å². The van der Waals surface area contributed by atoms with Crippen LogP contribution in [0.5, 0.6) is 0 Å². The molecule has 6 unspecified atom stereocenters. The molecular weight excluding hydrogens is 672 g/mol. The number of carbonyl (C=O) groups is 4. The molecule has 8 aliphatic carbocycles. The van der Waals surface area contributed by atoms with E-state index in [9.17, 15) is 44.7 Å². The van der Waals surface area contributed by atoms with Crippen LogP contribution in [-0.2, 0) is 19.2 Å². The second-order valence-electron chi connectivity index (χ2n) is 20.1. The summed E-state index contributed by atoms with van der Waals surface area (Å²) in [5.74, 6) is 1.37. The molecule has 9 heteroatoms. The summed E-state index contributed by atoms with van der Waals surface area (Å²) in [6.45, 7) is 13.6. The standard InChI is InChI=1S/C22H32O5.C22H32O4/c1-12-8-14-15-5-7-22(27,18(26)11-23)21(15,3)10-17(25)19(14)20(2)6-4-13(24)9-16(12)20;1-12-9-15-16-6-8-22(26,13(2)23)21(16,4)11-18(25)19(15)20(3)7-5-14(24)10-17(12)20/h9,12,14-15,17,19,23,25,27H,4-8,10-11H2,1-3H3;10,12,15-16,18-19,25-26H,5-9,11H2,1-4H3/t12-,14?,15?,17-,19?,20-,21-,22-;12-,15?,16?,18-,19?,20-,21-,22-/m00/s1. The number of aliphatic hydroxyl groups excluding tert-OH is 3. The van der Waals surface area contributed by atoms with E-state index in [0.29, 0.717) is 50.4 Å². The summed E-state index contributed by atoms with van der Waals surface area (Å²) in [4.78, 5) is 48.8. The van der Waals surface area contributed by atoms with Crippen LogP contribution in [0.25, 0.3) is 0 Å². The first-order valence-electron chi connectivity index (χ1n) is 20.6. The van der Waals surface area contributed by atoms with Gasteiger partial charge in [-0.2, -0.15) is 0 Å². The topological polar surface area (TPSA) is 169 Å². The van der Waals surface area contributed by atoms with E-state index in [4.69, 9.17) is 0 Å². The number of hydrogen-bond acceptors (Lipinski definition) is 9. The zero-order valence-electron chi connectivity index (χ0n) is 33.0. The molecule has 0 aliphatic heterocycles. The first kappa shape index (κ1) is 39.2. The Labute approximate surface area is 315 Å². The fraction of sp³-hybridized carbons (Fsp3) is 0.818. The highest BCUT2D eigenvalue weighted by Crippen LogP contribution is 2.70. The smallest absolute Gasteiger partial charge is 0.190 e. The van der Waals surface area contributed by atoms with E-state index >= 15 is 0 Å². The average Bonchev–Trinajstić information content (AvgIpc) is 3.51. The molecule has 8 rings (SSSR count). The largest absolute Gasteiger partial charge is 0.393 e. The zero-order chi connectivity index (χ0) is 38.8. The van der Waals surface area contributed by atoms with Crippen LogP contribution in [0.4, 0.5) is 0 Å². The van der Waals surface area contributed by atoms with Gasteiger partial charge in [-0.25, -0.2) is 0 Å². The molecule has 16 atom stereocenters. The van der Waals surface area contributed by atoms with Crippen LogP contribution < -0.4 is 0 Å². The van der Waals surface area contributed by atoms with Crippen molar-refractivity contribution >= 4 is 23.1 Å². The molecule has 6 fully saturated rings. The Bertz CT molecular complexity index is 1650. The molecule has 9 nitrogen and oxygen atoms in total. The van der Waals surface area contributed by atoms with Gasteiger partial charge < -0.3 is 25.5 Å². The van der Waals surface area contributed by atoms with Crippen molar-refractivity contribution in [3.63, 3.8) is 0 Å². The van der Waals surface area contributed by atoms with Gasteiger partial charge in [0, 0.05) is 23.7 Å². The molecular formula is C44H64O9. The predicted octanol–water partition coefficient (Wildman–Crippen LogP) is 5.08. The molecule has 53 heavy (non-hydrogen) atoms. The molecule has 0 aromatic rings. The monoisotopic (exact) mass is 736 g/mol. The van der Waals surface area contributed by atoms with Crippen LogP contribution in [0.1, 0.15) is 126 Å². The predicted molar refractivity (Wildman–Crippen MR) is 198 cm³/mol. The van der Waals surface area contributed by atoms with E-state index in [1.807, 2.05) is 26.0 Å². The third-order valence-electron chi connectivity index (χ3n) is 17.9. The van der Waals surface area contributed by atoms with Gasteiger partial charge in [0.1, 0.15) is 17.8 Å². The van der Waals surface area contributed by atoms with Crippen molar-refractivity contribution in [1.82, 2.24) is 0 Å². The summed E-state index contributed by atoms with van der Waals surface area (Å²) in [5.41, 5.74) is -2.07. The molecule has 294 valence electrons. The first-order valence-corrected chi connectivity index (χ1v) is 20.6. The number of ketones is 4. The van der Waals surface area contributed by atoms with Gasteiger partial charge in [0.25, 0.3) is 0 Å². The molecule has 0 saturated heterocycles. The first-order chi connectivity index (χ1) is 24.6. The highest BCUT2D eigenvalue weighted by molar-refractivity contribution is 5.92. The summed E-state index contributed by atoms with van der Waals surface area (Å²) in [7, 11) is 0. The van der Waals surface area contributed by atoms with Crippen LogP contribution in [0, 0.1) is 69.0 Å². The second-order valence-corrected chi connectivity index (χ2v) is 20.1. The Morgan fingerprint density at radius 2 is 1.09 bits per heavy atom. The molecule has 0 spiro atoms. The minimum atomic E-state index is -1.55. The van der Waals surface area contributed by atoms with Crippen LogP contribution in [-0.4, -0.2) is 78.7 Å². The van der Waals surface area contributed by atoms with Gasteiger partial charge in [-0.05, 0) is 141 Å². The number of carbonyl (C=O) groups excluding carboxylic acids is 4. The number of aliphatic hydroxyl groups is 5. The van der Waals surface area contributed by atoms with Crippen molar-refractivity contribution in [1.29, 1.82) is 0 Å². The summed E-state index contributed by atoms with van der Waals surface area (Å²) >= 11 is 0. The Kier molecular flexibility index (Phi) is 9.42. The molecule has 0 aromatic heterocycles. The molecule has 8 aliphatic rings. The zero-order valence-corrected chi connectivity index (χ0v) is 33.0. The molecule has 0 aromatic carbocycles. The van der Waals surface area contributed by atoms with E-state index in [2.05, 4.69) is 27.7 Å². The highest BCUT2D eigenvalue weighted by atomic mass is 16.3. The third kappa shape index (κ3) is 5.25. The Hall–Kier alpha value is -2.04. The number of fused-ring (bicyclic) bond motifs is 10. The van der Waals surface area contributed by atoms with Crippen molar-refractivity contribution in [3.8, 4) is 0 Å². The minimum absolute atomic E-state index is 0.0534. The number of rotatable bonds is 3. The van der Waals surface area contributed by atoms with E-state index < -0.39 is 46.6 Å². The Morgan fingerprint density at radius 1 is 0.698 bits per heavy atom. The summed E-state index contributed by atoms with van der Waals surface area (Å²) < 4.78 is 0. The molecule has 6 saturated carbocycles. The number of allylic oxidation sites excluding steroid dienone is 2. The van der Waals surface area contributed by atoms with Crippen molar-refractivity contribution in [2.75, 3.05) is 6.61 Å². The fourth-order valence-corrected chi connectivity index (χ4v) is 15.4. The van der Waals surface area contributed by atoms with E-state index in [0.717, 1.165) is 38.5 Å². The molecule has 0 bridgehead atoms. The molecule has 5 N–H and O–H groups in total. The van der Waals surface area contributed by atoms with Crippen molar-refractivity contribution in [2.45, 2.75) is 149 Å². The maximum absolute atomic E-state index is 12.4. The molecule has 0 heterocycles. The van der Waals surface area contributed by atoms with Gasteiger partial charge >= 0.3 is 0 Å². The SMILES string of the molecule is CC(=O)[C@@]1(O)CCC2C3C[C@H](C)C4=CC(=O)CC[C@]4(C)C3[C@@H](O)C[C@@]21C.C[C@H]1CC2C([C@@H](O)C[C@@]3(C)C2CC[C@]3(O)C(=O)CO)[C@@]2(C)CCC(=O)C=C12. The Balaban J connectivity index is 0.000000164. The Morgan fingerprint density at radius 3 is 1.49 bits per heavy atom. The van der Waals surface area contributed by atoms with Crippen LogP contribution in [0.3, 0.4) is 0 Å². The van der Waals surface area contributed by atoms with E-state index in [1.165, 1.54) is 18.1 Å². The van der Waals surface area contributed by atoms with Gasteiger partial charge in [0.15, 0.2) is 23.1 Å². The van der Waals surface area contributed by atoms with Gasteiger partial charge in [0.2, 0.25) is 0 Å². The van der Waals surface area contributed by atoms with Crippen LogP contribution >= 0.6 is 0 Å². The highest BCUT2D eigenvalue weighted by Gasteiger charge is 2.70. The number of hydrogen-bond donors (Lipinski definition) is 5. The maximum atomic E-state index is 12.4. The summed E-state index contributed by atoms with van der Waals surface area (Å²) in [6, 6.07) is 0. The normalized spacial score (nSPS) is 52.6. The fourth-order valence-electron chi connectivity index (χ4n) is 15.4. The van der Waals surface area contributed by atoms with Gasteiger partial charge in [-0.3, -0.25) is 19.2 Å². The summed E-state index contributed by atoms with van der Waals surface area (Å²) in [5, 5.41) is 54.4. The lowest BCUT2D eigenvalue weighted by atomic mass is 9.44. The van der Waals surface area contributed by atoms with Crippen molar-refractivity contribution < 1.29 is 44.7 Å². The quantitative estimate of drug-likeness (QED) is 0.265. The van der Waals surface area contributed by atoms with E-state index in [1.54, 1.807) is 0 Å². The molecule has 0 radical (unpaired) electrons. The van der Waals surface area contributed by atoms with Gasteiger partial charge in [0.05, 0.1) is 12.2 Å². The molecule has 0 amide bonds. The van der Waals surface area contributed by atoms with Gasteiger partial charge in [-0.1, -0.05) is 52.7 Å². The lowest BCUT2D eigenvalue weighted by Gasteiger charge is -2.61. The average molecular weight is 737 g/mol. The minimum Gasteiger partial charge on any atom is -0.393 e. The van der Waals surface area contributed by atoms with E-state index in [-0.39, 0.29) is 63.7 Å². The third-order valence-corrected chi connectivity index (χ3v) is 17.9. The van der Waals surface area contributed by atoms with Crippen LogP contribution in [0.15, 0.2) is 23.3 Å². The van der Waals surface area contributed by atoms with Crippen molar-refractivity contribution in [2.24, 2.45) is 69.0 Å². The van der Waals surface area contributed by atoms with Gasteiger partial charge in [-0.15, -0.1) is 0 Å². The lowest BCUT2D eigenvalue weighted by molar-refractivity contribution is -0.184. The number of Topliss-reactive ketones (excluding diaryl/α,β-unsaturated/α-hetero) is 2. The maximum Gasteiger partial charge on any atom is 0.190 e.